The fourth-order valence-electron chi connectivity index (χ4n) is 3.91. The molecule has 5 nitrogen and oxygen atoms in total. The van der Waals surface area contributed by atoms with Crippen molar-refractivity contribution in [1.82, 2.24) is 15.1 Å². The van der Waals surface area contributed by atoms with Crippen LogP contribution in [0.3, 0.4) is 0 Å². The Balaban J connectivity index is 1.38. The lowest BCUT2D eigenvalue weighted by atomic mass is 10.0. The van der Waals surface area contributed by atoms with E-state index in [0.29, 0.717) is 23.9 Å². The number of hydrogen-bond acceptors (Lipinski definition) is 4. The standard InChI is InChI=1S/C18H29N3O2/c1-5-8-20-9-6-13(7-10-20)19-16-14-11-21(12-15(14)16)17(22)23-18(2,3)4/h1,13-16,19H,6-12H2,2-4H3. The molecule has 0 aromatic rings. The van der Waals surface area contributed by atoms with E-state index in [4.69, 9.17) is 11.2 Å². The molecule has 128 valence electrons. The minimum atomic E-state index is -0.409. The van der Waals surface area contributed by atoms with Gasteiger partial charge in [-0.15, -0.1) is 6.42 Å². The Morgan fingerprint density at radius 3 is 2.39 bits per heavy atom. The predicted octanol–water partition coefficient (Wildman–Crippen LogP) is 1.54. The zero-order valence-corrected chi connectivity index (χ0v) is 14.5. The summed E-state index contributed by atoms with van der Waals surface area (Å²) in [7, 11) is 0. The molecule has 0 radical (unpaired) electrons. The second-order valence-corrected chi connectivity index (χ2v) is 8.16. The van der Waals surface area contributed by atoms with Gasteiger partial charge in [0, 0.05) is 38.3 Å². The van der Waals surface area contributed by atoms with Crippen LogP contribution in [-0.2, 0) is 4.74 Å². The Morgan fingerprint density at radius 2 is 1.87 bits per heavy atom. The lowest BCUT2D eigenvalue weighted by Crippen LogP contribution is -2.45. The van der Waals surface area contributed by atoms with E-state index in [2.05, 4.69) is 16.1 Å². The molecule has 2 saturated heterocycles. The van der Waals surface area contributed by atoms with Crippen molar-refractivity contribution in [2.75, 3.05) is 32.7 Å². The fraction of sp³-hybridized carbons (Fsp3) is 0.833. The highest BCUT2D eigenvalue weighted by atomic mass is 16.6. The molecule has 2 atom stereocenters. The molecule has 0 aromatic heterocycles. The summed E-state index contributed by atoms with van der Waals surface area (Å²) in [6.45, 7) is 10.4. The van der Waals surface area contributed by atoms with E-state index in [1.807, 2.05) is 25.7 Å². The van der Waals surface area contributed by atoms with Crippen molar-refractivity contribution in [1.29, 1.82) is 0 Å². The van der Waals surface area contributed by atoms with Crippen molar-refractivity contribution in [3.05, 3.63) is 0 Å². The second-order valence-electron chi connectivity index (χ2n) is 8.16. The normalized spacial score (nSPS) is 31.6. The van der Waals surface area contributed by atoms with Gasteiger partial charge in [0.1, 0.15) is 5.60 Å². The van der Waals surface area contributed by atoms with Gasteiger partial charge in [-0.1, -0.05) is 5.92 Å². The van der Waals surface area contributed by atoms with Gasteiger partial charge in [-0.25, -0.2) is 4.79 Å². The lowest BCUT2D eigenvalue weighted by Gasteiger charge is -2.32. The SMILES string of the molecule is C#CCN1CCC(NC2C3CN(C(=O)OC(C)(C)C)CC32)CC1. The van der Waals surface area contributed by atoms with Crippen molar-refractivity contribution >= 4 is 6.09 Å². The Labute approximate surface area is 139 Å². The molecule has 1 aliphatic carbocycles. The zero-order valence-electron chi connectivity index (χ0n) is 14.5. The molecule has 1 N–H and O–H groups in total. The fourth-order valence-corrected chi connectivity index (χ4v) is 3.91. The van der Waals surface area contributed by atoms with Gasteiger partial charge in [-0.05, 0) is 45.4 Å². The summed E-state index contributed by atoms with van der Waals surface area (Å²) < 4.78 is 5.46. The van der Waals surface area contributed by atoms with Crippen LogP contribution in [0.15, 0.2) is 0 Å². The Bertz CT molecular complexity index is 473. The average molecular weight is 319 g/mol. The van der Waals surface area contributed by atoms with Gasteiger partial charge in [0.25, 0.3) is 0 Å². The van der Waals surface area contributed by atoms with Gasteiger partial charge in [-0.3, -0.25) is 4.90 Å². The summed E-state index contributed by atoms with van der Waals surface area (Å²) >= 11 is 0. The topological polar surface area (TPSA) is 44.8 Å². The number of fused-ring (bicyclic) bond motifs is 1. The number of carbonyl (C=O) groups is 1. The van der Waals surface area contributed by atoms with Crippen LogP contribution in [0.1, 0.15) is 33.6 Å². The highest BCUT2D eigenvalue weighted by molar-refractivity contribution is 5.69. The van der Waals surface area contributed by atoms with E-state index in [1.165, 1.54) is 12.8 Å². The first-order chi connectivity index (χ1) is 10.9. The minimum absolute atomic E-state index is 0.161. The first kappa shape index (κ1) is 16.6. The van der Waals surface area contributed by atoms with Crippen LogP contribution in [0.2, 0.25) is 0 Å². The van der Waals surface area contributed by atoms with Crippen LogP contribution in [-0.4, -0.2) is 66.3 Å². The zero-order chi connectivity index (χ0) is 16.6. The molecule has 2 unspecified atom stereocenters. The molecule has 3 fully saturated rings. The molecule has 3 rings (SSSR count). The molecular weight excluding hydrogens is 290 g/mol. The highest BCUT2D eigenvalue weighted by Crippen LogP contribution is 2.46. The highest BCUT2D eigenvalue weighted by Gasteiger charge is 2.57. The summed E-state index contributed by atoms with van der Waals surface area (Å²) in [5.41, 5.74) is -0.409. The van der Waals surface area contributed by atoms with Crippen molar-refractivity contribution in [2.24, 2.45) is 11.8 Å². The maximum atomic E-state index is 12.1. The molecule has 5 heteroatoms. The van der Waals surface area contributed by atoms with Crippen LogP contribution >= 0.6 is 0 Å². The number of carbonyl (C=O) groups excluding carboxylic acids is 1. The summed E-state index contributed by atoms with van der Waals surface area (Å²) in [4.78, 5) is 16.3. The molecule has 1 amide bonds. The molecule has 23 heavy (non-hydrogen) atoms. The van der Waals surface area contributed by atoms with E-state index in [-0.39, 0.29) is 6.09 Å². The Hall–Kier alpha value is -1.25. The first-order valence-electron chi connectivity index (χ1n) is 8.77. The average Bonchev–Trinajstić information content (AvgIpc) is 2.92. The quantitative estimate of drug-likeness (QED) is 0.802. The van der Waals surface area contributed by atoms with Gasteiger partial charge in [0.15, 0.2) is 0 Å². The van der Waals surface area contributed by atoms with E-state index in [9.17, 15) is 4.79 Å². The summed E-state index contributed by atoms with van der Waals surface area (Å²) in [5, 5.41) is 3.81. The summed E-state index contributed by atoms with van der Waals surface area (Å²) in [5.74, 6) is 3.96. The summed E-state index contributed by atoms with van der Waals surface area (Å²) in [6, 6.07) is 1.20. The van der Waals surface area contributed by atoms with Crippen LogP contribution < -0.4 is 5.32 Å². The molecule has 0 spiro atoms. The molecule has 0 bridgehead atoms. The van der Waals surface area contributed by atoms with Crippen LogP contribution in [0, 0.1) is 24.2 Å². The van der Waals surface area contributed by atoms with Gasteiger partial charge in [0.2, 0.25) is 0 Å². The number of nitrogens with zero attached hydrogens (tertiary/aromatic N) is 2. The number of likely N-dealkylation sites (tertiary alicyclic amines) is 2. The van der Waals surface area contributed by atoms with Crippen LogP contribution in [0.25, 0.3) is 0 Å². The van der Waals surface area contributed by atoms with E-state index < -0.39 is 5.60 Å². The van der Waals surface area contributed by atoms with Gasteiger partial charge >= 0.3 is 6.09 Å². The van der Waals surface area contributed by atoms with Crippen molar-refractivity contribution in [3.8, 4) is 12.3 Å². The van der Waals surface area contributed by atoms with Gasteiger partial charge in [0.05, 0.1) is 6.54 Å². The predicted molar refractivity (Wildman–Crippen MR) is 90.0 cm³/mol. The summed E-state index contributed by atoms with van der Waals surface area (Å²) in [6.07, 6.45) is 7.56. The Morgan fingerprint density at radius 1 is 1.26 bits per heavy atom. The largest absolute Gasteiger partial charge is 0.444 e. The molecule has 2 heterocycles. The number of amides is 1. The third kappa shape index (κ3) is 3.99. The van der Waals surface area contributed by atoms with E-state index in [1.54, 1.807) is 0 Å². The Kier molecular flexibility index (Phi) is 4.57. The molecule has 1 saturated carbocycles. The number of nitrogens with one attached hydrogen (secondary N) is 1. The van der Waals surface area contributed by atoms with Gasteiger partial charge in [-0.2, -0.15) is 0 Å². The number of ether oxygens (including phenoxy) is 1. The van der Waals surface area contributed by atoms with Crippen molar-refractivity contribution in [3.63, 3.8) is 0 Å². The van der Waals surface area contributed by atoms with Crippen LogP contribution in [0.4, 0.5) is 4.79 Å². The minimum Gasteiger partial charge on any atom is -0.444 e. The first-order valence-corrected chi connectivity index (χ1v) is 8.77. The monoisotopic (exact) mass is 319 g/mol. The lowest BCUT2D eigenvalue weighted by molar-refractivity contribution is 0.0268. The van der Waals surface area contributed by atoms with E-state index in [0.717, 1.165) is 32.7 Å². The number of rotatable bonds is 3. The smallest absolute Gasteiger partial charge is 0.410 e. The number of terminal acetylenes is 1. The number of piperidine rings is 2. The second kappa shape index (κ2) is 6.33. The third-order valence-electron chi connectivity index (χ3n) is 5.18. The molecule has 2 aliphatic heterocycles. The maximum absolute atomic E-state index is 12.1. The maximum Gasteiger partial charge on any atom is 0.410 e. The van der Waals surface area contributed by atoms with Crippen molar-refractivity contribution in [2.45, 2.75) is 51.3 Å². The van der Waals surface area contributed by atoms with Crippen LogP contribution in [0.5, 0.6) is 0 Å². The van der Waals surface area contributed by atoms with Gasteiger partial charge < -0.3 is 15.0 Å². The van der Waals surface area contributed by atoms with Crippen molar-refractivity contribution < 1.29 is 9.53 Å². The third-order valence-corrected chi connectivity index (χ3v) is 5.18. The van der Waals surface area contributed by atoms with E-state index >= 15 is 0 Å². The number of hydrogen-bond donors (Lipinski definition) is 1. The molecular formula is C18H29N3O2. The molecule has 3 aliphatic rings. The molecule has 0 aromatic carbocycles.